The van der Waals surface area contributed by atoms with Gasteiger partial charge in [-0.1, -0.05) is 29.3 Å². The number of carbonyl (C=O) groups excluding carboxylic acids is 1. The molecule has 0 aliphatic rings. The number of rotatable bonds is 4. The van der Waals surface area contributed by atoms with Crippen molar-refractivity contribution in [2.45, 2.75) is 6.92 Å². The molecule has 6 heteroatoms. The number of hydrogen-bond acceptors (Lipinski definition) is 4. The standard InChI is InChI=1S/C22H14Cl2O4/c1-12-21(16-11-13(25)5-9-20(16)27-12)18(26)8-6-14-7-10-19(28-14)15-3-2-4-17(23)22(15)24/h2-11,25H,1H3/b8-6+. The molecule has 0 saturated heterocycles. The number of aromatic hydroxyl groups is 1. The van der Waals surface area contributed by atoms with Crippen LogP contribution in [0.25, 0.3) is 28.4 Å². The van der Waals surface area contributed by atoms with E-state index in [1.807, 2.05) is 0 Å². The van der Waals surface area contributed by atoms with Crippen molar-refractivity contribution < 1.29 is 18.7 Å². The smallest absolute Gasteiger partial charge is 0.190 e. The van der Waals surface area contributed by atoms with E-state index in [0.717, 1.165) is 0 Å². The summed E-state index contributed by atoms with van der Waals surface area (Å²) in [5.41, 5.74) is 1.63. The summed E-state index contributed by atoms with van der Waals surface area (Å²) < 4.78 is 11.4. The van der Waals surface area contributed by atoms with E-state index in [-0.39, 0.29) is 11.5 Å². The van der Waals surface area contributed by atoms with E-state index in [4.69, 9.17) is 32.0 Å². The lowest BCUT2D eigenvalue weighted by Gasteiger charge is -2.01. The molecule has 4 aromatic rings. The van der Waals surface area contributed by atoms with Crippen molar-refractivity contribution in [3.8, 4) is 17.1 Å². The van der Waals surface area contributed by atoms with Gasteiger partial charge in [-0.25, -0.2) is 0 Å². The number of allylic oxidation sites excluding steroid dienone is 1. The Morgan fingerprint density at radius 1 is 1.07 bits per heavy atom. The van der Waals surface area contributed by atoms with Crippen LogP contribution in [-0.4, -0.2) is 10.9 Å². The first-order chi connectivity index (χ1) is 13.4. The molecule has 0 radical (unpaired) electrons. The predicted octanol–water partition coefficient (Wildman–Crippen LogP) is 6.91. The van der Waals surface area contributed by atoms with Gasteiger partial charge in [-0.05, 0) is 61.5 Å². The van der Waals surface area contributed by atoms with E-state index in [0.29, 0.717) is 49.4 Å². The summed E-state index contributed by atoms with van der Waals surface area (Å²) in [6.45, 7) is 1.71. The number of phenolic OH excluding ortho intramolecular Hbond substituents is 1. The van der Waals surface area contributed by atoms with Gasteiger partial charge in [0.25, 0.3) is 0 Å². The molecule has 28 heavy (non-hydrogen) atoms. The van der Waals surface area contributed by atoms with Gasteiger partial charge in [0.15, 0.2) is 5.78 Å². The third-order valence-corrected chi connectivity index (χ3v) is 5.16. The Hall–Kier alpha value is -2.95. The minimum absolute atomic E-state index is 0.0698. The Morgan fingerprint density at radius 3 is 2.71 bits per heavy atom. The number of furan rings is 2. The second-order valence-corrected chi connectivity index (χ2v) is 7.00. The molecule has 4 nitrogen and oxygen atoms in total. The highest BCUT2D eigenvalue weighted by molar-refractivity contribution is 6.43. The summed E-state index contributed by atoms with van der Waals surface area (Å²) in [5, 5.41) is 11.1. The lowest BCUT2D eigenvalue weighted by atomic mass is 10.1. The maximum atomic E-state index is 12.7. The highest BCUT2D eigenvalue weighted by atomic mass is 35.5. The minimum atomic E-state index is -0.249. The monoisotopic (exact) mass is 412 g/mol. The maximum Gasteiger partial charge on any atom is 0.190 e. The van der Waals surface area contributed by atoms with E-state index in [1.165, 1.54) is 18.2 Å². The van der Waals surface area contributed by atoms with Gasteiger partial charge in [0.05, 0.1) is 15.6 Å². The molecule has 2 aromatic carbocycles. The number of benzene rings is 2. The van der Waals surface area contributed by atoms with Crippen LogP contribution in [0, 0.1) is 6.92 Å². The van der Waals surface area contributed by atoms with Gasteiger partial charge in [-0.2, -0.15) is 0 Å². The molecule has 0 aliphatic carbocycles. The topological polar surface area (TPSA) is 63.6 Å². The van der Waals surface area contributed by atoms with E-state index < -0.39 is 0 Å². The fourth-order valence-corrected chi connectivity index (χ4v) is 3.43. The number of ketones is 1. The van der Waals surface area contributed by atoms with Crippen molar-refractivity contribution in [3.63, 3.8) is 0 Å². The normalized spacial score (nSPS) is 11.5. The van der Waals surface area contributed by atoms with Crippen molar-refractivity contribution in [3.05, 3.63) is 81.7 Å². The van der Waals surface area contributed by atoms with E-state index >= 15 is 0 Å². The molecule has 0 spiro atoms. The van der Waals surface area contributed by atoms with Crippen LogP contribution >= 0.6 is 23.2 Å². The van der Waals surface area contributed by atoms with Crippen LogP contribution < -0.4 is 0 Å². The summed E-state index contributed by atoms with van der Waals surface area (Å²) in [7, 11) is 0. The lowest BCUT2D eigenvalue weighted by Crippen LogP contribution is -1.94. The third-order valence-electron chi connectivity index (χ3n) is 4.34. The first kappa shape index (κ1) is 18.4. The van der Waals surface area contributed by atoms with Crippen LogP contribution in [0.15, 0.2) is 63.4 Å². The molecule has 0 unspecified atom stereocenters. The van der Waals surface area contributed by atoms with Crippen molar-refractivity contribution >= 4 is 46.0 Å². The summed E-state index contributed by atoms with van der Waals surface area (Å²) in [5.74, 6) is 1.35. The van der Waals surface area contributed by atoms with E-state index in [9.17, 15) is 9.90 Å². The number of fused-ring (bicyclic) bond motifs is 1. The fraction of sp³-hybridized carbons (Fsp3) is 0.0455. The molecule has 140 valence electrons. The zero-order chi connectivity index (χ0) is 19.8. The van der Waals surface area contributed by atoms with E-state index in [1.54, 1.807) is 49.4 Å². The van der Waals surface area contributed by atoms with Crippen LogP contribution in [0.2, 0.25) is 10.0 Å². The lowest BCUT2D eigenvalue weighted by molar-refractivity contribution is 0.104. The Labute approximate surface area is 170 Å². The Morgan fingerprint density at radius 2 is 1.89 bits per heavy atom. The number of phenols is 1. The quantitative estimate of drug-likeness (QED) is 0.292. The van der Waals surface area contributed by atoms with Gasteiger partial charge in [0.1, 0.15) is 28.6 Å². The summed E-state index contributed by atoms with van der Waals surface area (Å²) in [4.78, 5) is 12.7. The zero-order valence-electron chi connectivity index (χ0n) is 14.7. The maximum absolute atomic E-state index is 12.7. The van der Waals surface area contributed by atoms with Crippen molar-refractivity contribution in [2.75, 3.05) is 0 Å². The second-order valence-electron chi connectivity index (χ2n) is 6.21. The number of aryl methyl sites for hydroxylation is 1. The molecule has 0 atom stereocenters. The Kier molecular flexibility index (Phi) is 4.75. The summed E-state index contributed by atoms with van der Waals surface area (Å²) >= 11 is 12.3. The molecule has 0 amide bonds. The molecule has 4 rings (SSSR count). The largest absolute Gasteiger partial charge is 0.508 e. The van der Waals surface area contributed by atoms with Gasteiger partial charge in [-0.15, -0.1) is 0 Å². The van der Waals surface area contributed by atoms with Crippen LogP contribution in [0.4, 0.5) is 0 Å². The molecule has 0 bridgehead atoms. The molecule has 0 saturated carbocycles. The average Bonchev–Trinajstić information content (AvgIpc) is 3.25. The minimum Gasteiger partial charge on any atom is -0.508 e. The van der Waals surface area contributed by atoms with Gasteiger partial charge < -0.3 is 13.9 Å². The highest BCUT2D eigenvalue weighted by Crippen LogP contribution is 2.34. The number of carbonyl (C=O) groups is 1. The van der Waals surface area contributed by atoms with Crippen molar-refractivity contribution in [1.29, 1.82) is 0 Å². The van der Waals surface area contributed by atoms with Crippen LogP contribution in [0.1, 0.15) is 21.9 Å². The SMILES string of the molecule is Cc1oc2ccc(O)cc2c1C(=O)/C=C/c1ccc(-c2cccc(Cl)c2Cl)o1. The predicted molar refractivity (Wildman–Crippen MR) is 110 cm³/mol. The molecule has 1 N–H and O–H groups in total. The van der Waals surface area contributed by atoms with Crippen molar-refractivity contribution in [1.82, 2.24) is 0 Å². The Bertz CT molecular complexity index is 1230. The zero-order valence-corrected chi connectivity index (χ0v) is 16.2. The first-order valence-corrected chi connectivity index (χ1v) is 9.18. The first-order valence-electron chi connectivity index (χ1n) is 8.43. The average molecular weight is 413 g/mol. The fourth-order valence-electron chi connectivity index (χ4n) is 3.04. The molecule has 2 aromatic heterocycles. The molecule has 0 aliphatic heterocycles. The molecular formula is C22H14Cl2O4. The van der Waals surface area contributed by atoms with Gasteiger partial charge >= 0.3 is 0 Å². The summed E-state index contributed by atoms with van der Waals surface area (Å²) in [6.07, 6.45) is 2.98. The van der Waals surface area contributed by atoms with Crippen molar-refractivity contribution in [2.24, 2.45) is 0 Å². The van der Waals surface area contributed by atoms with Gasteiger partial charge in [0, 0.05) is 10.9 Å². The van der Waals surface area contributed by atoms with Crippen LogP contribution in [0.5, 0.6) is 5.75 Å². The van der Waals surface area contributed by atoms with E-state index in [2.05, 4.69) is 0 Å². The second kappa shape index (κ2) is 7.23. The summed E-state index contributed by atoms with van der Waals surface area (Å²) in [6, 6.07) is 13.4. The highest BCUT2D eigenvalue weighted by Gasteiger charge is 2.17. The molecular weight excluding hydrogens is 399 g/mol. The molecule has 2 heterocycles. The molecule has 0 fully saturated rings. The third kappa shape index (κ3) is 3.33. The van der Waals surface area contributed by atoms with Gasteiger partial charge in [0.2, 0.25) is 0 Å². The Balaban J connectivity index is 1.63. The number of halogens is 2. The van der Waals surface area contributed by atoms with Crippen LogP contribution in [-0.2, 0) is 0 Å². The van der Waals surface area contributed by atoms with Gasteiger partial charge in [-0.3, -0.25) is 4.79 Å². The van der Waals surface area contributed by atoms with Crippen LogP contribution in [0.3, 0.4) is 0 Å². The number of hydrogen-bond donors (Lipinski definition) is 1.